The molecule has 33 heavy (non-hydrogen) atoms. The highest BCUT2D eigenvalue weighted by molar-refractivity contribution is 7.14. The minimum Gasteiger partial charge on any atom is -0.497 e. The van der Waals surface area contributed by atoms with Crippen LogP contribution in [-0.2, 0) is 6.54 Å². The maximum absolute atomic E-state index is 13.3. The Balaban J connectivity index is 1.47. The maximum atomic E-state index is 13.3. The first-order valence-corrected chi connectivity index (χ1v) is 11.5. The van der Waals surface area contributed by atoms with Crippen LogP contribution >= 0.6 is 22.9 Å². The van der Waals surface area contributed by atoms with Crippen molar-refractivity contribution in [2.45, 2.75) is 6.54 Å². The standard InChI is InChI=1S/C25H19ClN4O2S/c1-32-19-12-6-16(7-13-19)22-15-33-25(29-22)27-14-23-28-21-5-3-2-4-20(21)24(31)30(23)18-10-8-17(26)9-11-18/h2-13,15H,14H2,1H3,(H,27,29). The van der Waals surface area contributed by atoms with Crippen LogP contribution < -0.4 is 15.6 Å². The molecule has 5 rings (SSSR count). The van der Waals surface area contributed by atoms with Crippen LogP contribution in [0.25, 0.3) is 27.8 Å². The highest BCUT2D eigenvalue weighted by Crippen LogP contribution is 2.27. The van der Waals surface area contributed by atoms with Crippen LogP contribution in [-0.4, -0.2) is 21.6 Å². The van der Waals surface area contributed by atoms with E-state index in [1.807, 2.05) is 60.0 Å². The van der Waals surface area contributed by atoms with Crippen LogP contribution in [0.2, 0.25) is 5.02 Å². The maximum Gasteiger partial charge on any atom is 0.266 e. The number of methoxy groups -OCH3 is 1. The number of aromatic nitrogens is 3. The Labute approximate surface area is 199 Å². The van der Waals surface area contributed by atoms with Gasteiger partial charge in [-0.2, -0.15) is 0 Å². The lowest BCUT2D eigenvalue weighted by molar-refractivity contribution is 0.415. The summed E-state index contributed by atoms with van der Waals surface area (Å²) in [7, 11) is 1.64. The fraction of sp³-hybridized carbons (Fsp3) is 0.0800. The van der Waals surface area contributed by atoms with Gasteiger partial charge in [0.2, 0.25) is 0 Å². The van der Waals surface area contributed by atoms with Gasteiger partial charge in [0.15, 0.2) is 5.13 Å². The van der Waals surface area contributed by atoms with Crippen molar-refractivity contribution in [3.63, 3.8) is 0 Å². The van der Waals surface area contributed by atoms with E-state index in [4.69, 9.17) is 21.3 Å². The molecule has 0 atom stereocenters. The number of nitrogens with one attached hydrogen (secondary N) is 1. The normalized spacial score (nSPS) is 11.0. The Kier molecular flexibility index (Phi) is 5.81. The molecule has 8 heteroatoms. The van der Waals surface area contributed by atoms with Gasteiger partial charge in [-0.3, -0.25) is 9.36 Å². The number of hydrogen-bond acceptors (Lipinski definition) is 6. The average Bonchev–Trinajstić information content (AvgIpc) is 3.33. The Hall–Kier alpha value is -3.68. The number of para-hydroxylation sites is 1. The lowest BCUT2D eigenvalue weighted by atomic mass is 10.2. The zero-order valence-corrected chi connectivity index (χ0v) is 19.2. The molecule has 0 bridgehead atoms. The van der Waals surface area contributed by atoms with Crippen molar-refractivity contribution >= 4 is 39.0 Å². The number of nitrogens with zero attached hydrogens (tertiary/aromatic N) is 3. The topological polar surface area (TPSA) is 69.0 Å². The molecule has 3 aromatic carbocycles. The van der Waals surface area contributed by atoms with Gasteiger partial charge in [-0.25, -0.2) is 9.97 Å². The number of halogens is 1. The van der Waals surface area contributed by atoms with Crippen molar-refractivity contribution in [1.82, 2.24) is 14.5 Å². The molecule has 0 saturated carbocycles. The summed E-state index contributed by atoms with van der Waals surface area (Å²) >= 11 is 7.55. The Bertz CT molecular complexity index is 1480. The number of fused-ring (bicyclic) bond motifs is 1. The summed E-state index contributed by atoms with van der Waals surface area (Å²) in [5.41, 5.74) is 3.10. The first-order chi connectivity index (χ1) is 16.1. The van der Waals surface area contributed by atoms with E-state index in [9.17, 15) is 4.79 Å². The van der Waals surface area contributed by atoms with Crippen molar-refractivity contribution in [2.24, 2.45) is 0 Å². The second-order valence-corrected chi connectivity index (χ2v) is 8.58. The monoisotopic (exact) mass is 474 g/mol. The summed E-state index contributed by atoms with van der Waals surface area (Å²) in [5, 5.41) is 7.22. The minimum atomic E-state index is -0.127. The number of benzene rings is 3. The SMILES string of the molecule is COc1ccc(-c2csc(NCc3nc4ccccc4c(=O)n3-c3ccc(Cl)cc3)n2)cc1. The van der Waals surface area contributed by atoms with Crippen LogP contribution in [0.3, 0.4) is 0 Å². The molecule has 164 valence electrons. The Morgan fingerprint density at radius 3 is 2.52 bits per heavy atom. The quantitative estimate of drug-likeness (QED) is 0.337. The molecule has 6 nitrogen and oxygen atoms in total. The molecule has 0 aliphatic heterocycles. The van der Waals surface area contributed by atoms with Gasteiger partial charge in [0.05, 0.1) is 35.9 Å². The Morgan fingerprint density at radius 2 is 1.76 bits per heavy atom. The molecule has 5 aromatic rings. The van der Waals surface area contributed by atoms with Gasteiger partial charge in [-0.1, -0.05) is 23.7 Å². The lowest BCUT2D eigenvalue weighted by Crippen LogP contribution is -2.25. The number of hydrogen-bond donors (Lipinski definition) is 1. The van der Waals surface area contributed by atoms with Crippen LogP contribution in [0.5, 0.6) is 5.75 Å². The molecule has 0 spiro atoms. The first kappa shape index (κ1) is 21.2. The molecule has 0 fully saturated rings. The van der Waals surface area contributed by atoms with Gasteiger partial charge < -0.3 is 10.1 Å². The van der Waals surface area contributed by atoms with E-state index in [2.05, 4.69) is 10.3 Å². The molecule has 0 amide bonds. The van der Waals surface area contributed by atoms with Gasteiger partial charge in [0.1, 0.15) is 11.6 Å². The highest BCUT2D eigenvalue weighted by Gasteiger charge is 2.13. The third-order valence-corrected chi connectivity index (χ3v) is 6.27. The molecule has 1 N–H and O–H groups in total. The van der Waals surface area contributed by atoms with Gasteiger partial charge in [-0.05, 0) is 60.7 Å². The summed E-state index contributed by atoms with van der Waals surface area (Å²) in [4.78, 5) is 22.8. The van der Waals surface area contributed by atoms with Crippen LogP contribution in [0.15, 0.2) is 83.0 Å². The van der Waals surface area contributed by atoms with E-state index in [1.165, 1.54) is 11.3 Å². The molecular formula is C25H19ClN4O2S. The van der Waals surface area contributed by atoms with Crippen LogP contribution in [0.1, 0.15) is 5.82 Å². The number of thiazole rings is 1. The zero-order valence-electron chi connectivity index (χ0n) is 17.7. The predicted molar refractivity (Wildman–Crippen MR) is 134 cm³/mol. The molecule has 0 radical (unpaired) electrons. The van der Waals surface area contributed by atoms with Crippen LogP contribution in [0, 0.1) is 0 Å². The van der Waals surface area contributed by atoms with E-state index in [0.717, 1.165) is 22.1 Å². The molecule has 2 aromatic heterocycles. The smallest absolute Gasteiger partial charge is 0.266 e. The van der Waals surface area contributed by atoms with E-state index in [-0.39, 0.29) is 5.56 Å². The van der Waals surface area contributed by atoms with Crippen molar-refractivity contribution in [1.29, 1.82) is 0 Å². The summed E-state index contributed by atoms with van der Waals surface area (Å²) in [6, 6.07) is 22.3. The summed E-state index contributed by atoms with van der Waals surface area (Å²) in [6.45, 7) is 0.332. The third-order valence-electron chi connectivity index (χ3n) is 5.22. The number of ether oxygens (including phenoxy) is 1. The number of rotatable bonds is 6. The lowest BCUT2D eigenvalue weighted by Gasteiger charge is -2.14. The molecule has 0 aliphatic rings. The molecule has 0 aliphatic carbocycles. The van der Waals surface area contributed by atoms with Crippen LogP contribution in [0.4, 0.5) is 5.13 Å². The second kappa shape index (κ2) is 9.05. The van der Waals surface area contributed by atoms with E-state index in [0.29, 0.717) is 34.0 Å². The second-order valence-electron chi connectivity index (χ2n) is 7.28. The van der Waals surface area contributed by atoms with Gasteiger partial charge in [0.25, 0.3) is 5.56 Å². The molecular weight excluding hydrogens is 456 g/mol. The predicted octanol–water partition coefficient (Wildman–Crippen LogP) is 5.78. The van der Waals surface area contributed by atoms with E-state index >= 15 is 0 Å². The first-order valence-electron chi connectivity index (χ1n) is 10.2. The molecule has 0 saturated heterocycles. The number of anilines is 1. The fourth-order valence-corrected chi connectivity index (χ4v) is 4.40. The van der Waals surface area contributed by atoms with Crippen molar-refractivity contribution in [2.75, 3.05) is 12.4 Å². The Morgan fingerprint density at radius 1 is 1.00 bits per heavy atom. The summed E-state index contributed by atoms with van der Waals surface area (Å²) in [5.74, 6) is 1.39. The highest BCUT2D eigenvalue weighted by atomic mass is 35.5. The molecule has 0 unspecified atom stereocenters. The summed E-state index contributed by atoms with van der Waals surface area (Å²) in [6.07, 6.45) is 0. The van der Waals surface area contributed by atoms with Gasteiger partial charge in [0, 0.05) is 16.0 Å². The molecule has 2 heterocycles. The minimum absolute atomic E-state index is 0.127. The average molecular weight is 475 g/mol. The van der Waals surface area contributed by atoms with Gasteiger partial charge >= 0.3 is 0 Å². The third kappa shape index (κ3) is 4.33. The summed E-state index contributed by atoms with van der Waals surface area (Å²) < 4.78 is 6.83. The van der Waals surface area contributed by atoms with Gasteiger partial charge in [-0.15, -0.1) is 11.3 Å². The van der Waals surface area contributed by atoms with E-state index in [1.54, 1.807) is 29.9 Å². The largest absolute Gasteiger partial charge is 0.497 e. The van der Waals surface area contributed by atoms with E-state index < -0.39 is 0 Å². The van der Waals surface area contributed by atoms with Crippen molar-refractivity contribution < 1.29 is 4.74 Å². The zero-order chi connectivity index (χ0) is 22.8. The van der Waals surface area contributed by atoms with Crippen molar-refractivity contribution in [3.8, 4) is 22.7 Å². The fourth-order valence-electron chi connectivity index (χ4n) is 3.56. The van der Waals surface area contributed by atoms with Crippen molar-refractivity contribution in [3.05, 3.63) is 99.4 Å².